The molecule has 0 bridgehead atoms. The Kier molecular flexibility index (Phi) is 2.34. The van der Waals surface area contributed by atoms with Crippen LogP contribution in [0.1, 0.15) is 11.1 Å². The normalized spacial score (nSPS) is 9.90. The molecule has 0 aromatic heterocycles. The predicted molar refractivity (Wildman–Crippen MR) is 45.3 cm³/mol. The Labute approximate surface area is 66.8 Å². The molecule has 0 spiro atoms. The van der Waals surface area contributed by atoms with Crippen molar-refractivity contribution in [2.75, 3.05) is 0 Å². The summed E-state index contributed by atoms with van der Waals surface area (Å²) in [6, 6.07) is 5.99. The molecule has 1 radical (unpaired) electrons. The van der Waals surface area contributed by atoms with Gasteiger partial charge in [-0.1, -0.05) is 17.7 Å². The minimum absolute atomic E-state index is 0.804. The summed E-state index contributed by atoms with van der Waals surface area (Å²) < 4.78 is 0. The third-order valence-corrected chi connectivity index (χ3v) is 1.61. The Hall–Kier alpha value is -0.490. The molecule has 0 fully saturated rings. The molecule has 0 N–H and O–H groups in total. The van der Waals surface area contributed by atoms with Crippen LogP contribution in [0.15, 0.2) is 18.2 Å². The van der Waals surface area contributed by atoms with Crippen LogP contribution in [0.25, 0.3) is 0 Å². The van der Waals surface area contributed by atoms with Crippen molar-refractivity contribution in [1.82, 2.24) is 0 Å². The molecular weight excluding hydrogens is 144 g/mol. The van der Waals surface area contributed by atoms with Crippen molar-refractivity contribution >= 4 is 11.6 Å². The molecule has 0 saturated carbocycles. The fraction of sp³-hybridized carbons (Fsp3) is 0.222. The highest BCUT2D eigenvalue weighted by Crippen LogP contribution is 2.14. The van der Waals surface area contributed by atoms with Gasteiger partial charge in [0.15, 0.2) is 0 Å². The summed E-state index contributed by atoms with van der Waals surface area (Å²) in [7, 11) is 0. The van der Waals surface area contributed by atoms with Crippen molar-refractivity contribution in [1.29, 1.82) is 0 Å². The lowest BCUT2D eigenvalue weighted by molar-refractivity contribution is 1.25. The Morgan fingerprint density at radius 3 is 2.60 bits per heavy atom. The van der Waals surface area contributed by atoms with E-state index in [0.717, 1.165) is 11.4 Å². The van der Waals surface area contributed by atoms with E-state index < -0.39 is 0 Å². The number of rotatable bonds is 1. The number of aryl methyl sites for hydroxylation is 1. The largest absolute Gasteiger partial charge is 0.0843 e. The van der Waals surface area contributed by atoms with Gasteiger partial charge in [0.1, 0.15) is 0 Å². The zero-order valence-corrected chi connectivity index (χ0v) is 6.78. The third-order valence-electron chi connectivity index (χ3n) is 1.39. The molecule has 0 amide bonds. The van der Waals surface area contributed by atoms with E-state index in [2.05, 4.69) is 13.0 Å². The van der Waals surface area contributed by atoms with E-state index in [0.29, 0.717) is 0 Å². The first-order valence-electron chi connectivity index (χ1n) is 3.27. The number of halogens is 1. The molecule has 10 heavy (non-hydrogen) atoms. The van der Waals surface area contributed by atoms with Gasteiger partial charge < -0.3 is 0 Å². The highest BCUT2D eigenvalue weighted by Gasteiger charge is 1.92. The Morgan fingerprint density at radius 1 is 1.40 bits per heavy atom. The SMILES string of the molecule is [CH2]Cc1cc(C)cc(Cl)c1. The van der Waals surface area contributed by atoms with Crippen molar-refractivity contribution in [3.63, 3.8) is 0 Å². The van der Waals surface area contributed by atoms with Gasteiger partial charge in [-0.3, -0.25) is 0 Å². The topological polar surface area (TPSA) is 0 Å². The molecule has 1 heteroatoms. The van der Waals surface area contributed by atoms with Gasteiger partial charge in [0.2, 0.25) is 0 Å². The van der Waals surface area contributed by atoms with Crippen LogP contribution in [0, 0.1) is 13.8 Å². The fourth-order valence-corrected chi connectivity index (χ4v) is 1.27. The summed E-state index contributed by atoms with van der Waals surface area (Å²) in [5.41, 5.74) is 2.40. The summed E-state index contributed by atoms with van der Waals surface area (Å²) in [6.45, 7) is 5.81. The van der Waals surface area contributed by atoms with Gasteiger partial charge in [-0.25, -0.2) is 0 Å². The van der Waals surface area contributed by atoms with Gasteiger partial charge in [0, 0.05) is 5.02 Å². The minimum Gasteiger partial charge on any atom is -0.0843 e. The van der Waals surface area contributed by atoms with Gasteiger partial charge >= 0.3 is 0 Å². The van der Waals surface area contributed by atoms with Crippen LogP contribution < -0.4 is 0 Å². The van der Waals surface area contributed by atoms with Crippen LogP contribution in [0.3, 0.4) is 0 Å². The zero-order valence-electron chi connectivity index (χ0n) is 6.02. The minimum atomic E-state index is 0.804. The van der Waals surface area contributed by atoms with Crippen molar-refractivity contribution in [2.45, 2.75) is 13.3 Å². The maximum atomic E-state index is 5.80. The quantitative estimate of drug-likeness (QED) is 0.582. The van der Waals surface area contributed by atoms with Gasteiger partial charge in [-0.15, -0.1) is 0 Å². The van der Waals surface area contributed by atoms with E-state index in [1.165, 1.54) is 11.1 Å². The second kappa shape index (κ2) is 3.07. The molecular formula is C9H10Cl. The van der Waals surface area contributed by atoms with Gasteiger partial charge in [0.05, 0.1) is 0 Å². The van der Waals surface area contributed by atoms with E-state index in [9.17, 15) is 0 Å². The van der Waals surface area contributed by atoms with E-state index in [-0.39, 0.29) is 0 Å². The number of benzene rings is 1. The molecule has 0 atom stereocenters. The maximum absolute atomic E-state index is 5.80. The number of hydrogen-bond donors (Lipinski definition) is 0. The van der Waals surface area contributed by atoms with Crippen LogP contribution in [-0.4, -0.2) is 0 Å². The van der Waals surface area contributed by atoms with Crippen molar-refractivity contribution in [3.8, 4) is 0 Å². The predicted octanol–water partition coefficient (Wildman–Crippen LogP) is 3.03. The molecule has 53 valence electrons. The maximum Gasteiger partial charge on any atom is 0.0411 e. The first-order chi connectivity index (χ1) is 4.72. The zero-order chi connectivity index (χ0) is 7.56. The lowest BCUT2D eigenvalue weighted by Crippen LogP contribution is -1.81. The van der Waals surface area contributed by atoms with Crippen LogP contribution in [0.2, 0.25) is 5.02 Å². The molecule has 1 rings (SSSR count). The molecule has 0 heterocycles. The highest BCUT2D eigenvalue weighted by molar-refractivity contribution is 6.30. The van der Waals surface area contributed by atoms with Crippen molar-refractivity contribution in [3.05, 3.63) is 41.3 Å². The smallest absolute Gasteiger partial charge is 0.0411 e. The molecule has 1 aromatic rings. The number of hydrogen-bond acceptors (Lipinski definition) is 0. The van der Waals surface area contributed by atoms with Gasteiger partial charge in [-0.2, -0.15) is 0 Å². The Balaban J connectivity index is 3.06. The Morgan fingerprint density at radius 2 is 2.10 bits per heavy atom. The molecule has 0 unspecified atom stereocenters. The molecule has 0 aliphatic carbocycles. The lowest BCUT2D eigenvalue weighted by atomic mass is 10.1. The fourth-order valence-electron chi connectivity index (χ4n) is 0.956. The second-order valence-corrected chi connectivity index (χ2v) is 2.82. The van der Waals surface area contributed by atoms with E-state index in [4.69, 9.17) is 11.6 Å². The summed E-state index contributed by atoms with van der Waals surface area (Å²) in [5.74, 6) is 0. The van der Waals surface area contributed by atoms with Crippen LogP contribution in [0.5, 0.6) is 0 Å². The third kappa shape index (κ3) is 1.74. The van der Waals surface area contributed by atoms with Crippen molar-refractivity contribution < 1.29 is 0 Å². The first-order valence-corrected chi connectivity index (χ1v) is 3.65. The van der Waals surface area contributed by atoms with E-state index in [1.54, 1.807) is 0 Å². The van der Waals surface area contributed by atoms with Crippen molar-refractivity contribution in [2.24, 2.45) is 0 Å². The second-order valence-electron chi connectivity index (χ2n) is 2.39. The molecule has 0 aliphatic heterocycles. The summed E-state index contributed by atoms with van der Waals surface area (Å²) in [5, 5.41) is 0.804. The monoisotopic (exact) mass is 153 g/mol. The van der Waals surface area contributed by atoms with E-state index >= 15 is 0 Å². The standard InChI is InChI=1S/C9H10Cl/c1-3-8-4-7(2)5-9(10)6-8/h4-6H,1,3H2,2H3. The highest BCUT2D eigenvalue weighted by atomic mass is 35.5. The summed E-state index contributed by atoms with van der Waals surface area (Å²) in [6.07, 6.45) is 0.807. The van der Waals surface area contributed by atoms with Gasteiger partial charge in [-0.05, 0) is 43.5 Å². The Bertz CT molecular complexity index is 208. The van der Waals surface area contributed by atoms with E-state index in [1.807, 2.05) is 19.1 Å². The lowest BCUT2D eigenvalue weighted by Gasteiger charge is -1.98. The van der Waals surface area contributed by atoms with Crippen LogP contribution in [-0.2, 0) is 6.42 Å². The van der Waals surface area contributed by atoms with Crippen LogP contribution in [0.4, 0.5) is 0 Å². The average Bonchev–Trinajstić information content (AvgIpc) is 1.85. The van der Waals surface area contributed by atoms with Gasteiger partial charge in [0.25, 0.3) is 0 Å². The van der Waals surface area contributed by atoms with Crippen LogP contribution >= 0.6 is 11.6 Å². The molecule has 0 nitrogen and oxygen atoms in total. The summed E-state index contributed by atoms with van der Waals surface area (Å²) >= 11 is 5.80. The molecule has 1 aromatic carbocycles. The molecule has 0 aliphatic rings. The summed E-state index contributed by atoms with van der Waals surface area (Å²) in [4.78, 5) is 0. The first kappa shape index (κ1) is 7.62. The molecule has 0 saturated heterocycles. The average molecular weight is 154 g/mol.